The summed E-state index contributed by atoms with van der Waals surface area (Å²) in [6.07, 6.45) is 1.03. The summed E-state index contributed by atoms with van der Waals surface area (Å²) in [6.45, 7) is 5.99. The predicted molar refractivity (Wildman–Crippen MR) is 116 cm³/mol. The second-order valence-corrected chi connectivity index (χ2v) is 7.77. The molecule has 0 aromatic heterocycles. The molecule has 0 heterocycles. The Morgan fingerprint density at radius 2 is 1.59 bits per heavy atom. The van der Waals surface area contributed by atoms with Gasteiger partial charge < -0.3 is 10.1 Å². The van der Waals surface area contributed by atoms with Crippen LogP contribution in [0.1, 0.15) is 48.3 Å². The molecule has 3 rings (SSSR count). The topological polar surface area (TPSA) is 55.4 Å². The zero-order valence-corrected chi connectivity index (χ0v) is 17.1. The first-order valence-corrected chi connectivity index (χ1v) is 9.96. The van der Waals surface area contributed by atoms with E-state index in [1.165, 1.54) is 5.56 Å². The van der Waals surface area contributed by atoms with Crippen molar-refractivity contribution in [2.75, 3.05) is 6.61 Å². The maximum absolute atomic E-state index is 12.3. The van der Waals surface area contributed by atoms with Crippen molar-refractivity contribution in [1.29, 1.82) is 0 Å². The SMILES string of the molecule is CC(C)Cc1ccc([C@@H](C)NC(=O)COC(=O)c2ccc3ccccc3c2)cc1. The van der Waals surface area contributed by atoms with Crippen molar-refractivity contribution in [2.45, 2.75) is 33.2 Å². The number of ether oxygens (including phenoxy) is 1. The van der Waals surface area contributed by atoms with Crippen LogP contribution >= 0.6 is 0 Å². The van der Waals surface area contributed by atoms with Crippen LogP contribution in [0.4, 0.5) is 0 Å². The molecule has 0 aliphatic heterocycles. The van der Waals surface area contributed by atoms with Crippen molar-refractivity contribution in [2.24, 2.45) is 5.92 Å². The van der Waals surface area contributed by atoms with Gasteiger partial charge in [-0.3, -0.25) is 4.79 Å². The summed E-state index contributed by atoms with van der Waals surface area (Å²) in [5.41, 5.74) is 2.74. The Bertz CT molecular complexity index is 992. The van der Waals surface area contributed by atoms with E-state index in [0.29, 0.717) is 11.5 Å². The molecule has 29 heavy (non-hydrogen) atoms. The highest BCUT2D eigenvalue weighted by Gasteiger charge is 2.14. The lowest BCUT2D eigenvalue weighted by Gasteiger charge is -2.15. The third kappa shape index (κ3) is 5.67. The third-order valence-corrected chi connectivity index (χ3v) is 4.82. The van der Waals surface area contributed by atoms with Crippen molar-refractivity contribution < 1.29 is 14.3 Å². The summed E-state index contributed by atoms with van der Waals surface area (Å²) in [6, 6.07) is 21.2. The molecule has 0 saturated carbocycles. The van der Waals surface area contributed by atoms with E-state index in [0.717, 1.165) is 22.8 Å². The molecule has 4 nitrogen and oxygen atoms in total. The van der Waals surface area contributed by atoms with E-state index in [9.17, 15) is 9.59 Å². The second-order valence-electron chi connectivity index (χ2n) is 7.77. The highest BCUT2D eigenvalue weighted by Crippen LogP contribution is 2.17. The van der Waals surface area contributed by atoms with Crippen LogP contribution in [0.3, 0.4) is 0 Å². The Morgan fingerprint density at radius 3 is 2.28 bits per heavy atom. The molecule has 4 heteroatoms. The van der Waals surface area contributed by atoms with Crippen LogP contribution < -0.4 is 5.32 Å². The number of hydrogen-bond donors (Lipinski definition) is 1. The third-order valence-electron chi connectivity index (χ3n) is 4.82. The monoisotopic (exact) mass is 389 g/mol. The van der Waals surface area contributed by atoms with Gasteiger partial charge in [0.1, 0.15) is 0 Å². The first-order valence-electron chi connectivity index (χ1n) is 9.96. The van der Waals surface area contributed by atoms with Crippen molar-refractivity contribution in [3.8, 4) is 0 Å². The van der Waals surface area contributed by atoms with Crippen molar-refractivity contribution in [1.82, 2.24) is 5.32 Å². The van der Waals surface area contributed by atoms with Gasteiger partial charge in [-0.05, 0) is 53.3 Å². The van der Waals surface area contributed by atoms with Crippen LogP contribution in [0.2, 0.25) is 0 Å². The lowest BCUT2D eigenvalue weighted by atomic mass is 10.00. The molecule has 1 atom stereocenters. The zero-order chi connectivity index (χ0) is 20.8. The maximum atomic E-state index is 12.3. The Morgan fingerprint density at radius 1 is 0.897 bits per heavy atom. The minimum atomic E-state index is -0.503. The van der Waals surface area contributed by atoms with Crippen molar-refractivity contribution >= 4 is 22.6 Å². The van der Waals surface area contributed by atoms with E-state index >= 15 is 0 Å². The van der Waals surface area contributed by atoms with Gasteiger partial charge in [0.15, 0.2) is 6.61 Å². The van der Waals surface area contributed by atoms with E-state index in [2.05, 4.69) is 31.3 Å². The van der Waals surface area contributed by atoms with Crippen LogP contribution in [-0.2, 0) is 16.0 Å². The summed E-state index contributed by atoms with van der Waals surface area (Å²) in [5.74, 6) is -0.218. The quantitative estimate of drug-likeness (QED) is 0.574. The Kier molecular flexibility index (Phi) is 6.65. The average Bonchev–Trinajstić information content (AvgIpc) is 2.71. The van der Waals surface area contributed by atoms with E-state index in [-0.39, 0.29) is 18.6 Å². The molecule has 0 aliphatic carbocycles. The molecule has 0 unspecified atom stereocenters. The fourth-order valence-electron chi connectivity index (χ4n) is 3.31. The van der Waals surface area contributed by atoms with E-state index < -0.39 is 5.97 Å². The lowest BCUT2D eigenvalue weighted by molar-refractivity contribution is -0.124. The largest absolute Gasteiger partial charge is 0.452 e. The van der Waals surface area contributed by atoms with Gasteiger partial charge in [-0.1, -0.05) is 68.4 Å². The molecule has 0 radical (unpaired) electrons. The van der Waals surface area contributed by atoms with Crippen LogP contribution in [0, 0.1) is 5.92 Å². The molecule has 0 saturated heterocycles. The first kappa shape index (κ1) is 20.6. The van der Waals surface area contributed by atoms with Gasteiger partial charge in [0, 0.05) is 0 Å². The average molecular weight is 389 g/mol. The Hall–Kier alpha value is -3.14. The van der Waals surface area contributed by atoms with E-state index in [4.69, 9.17) is 4.74 Å². The molecule has 0 bridgehead atoms. The minimum Gasteiger partial charge on any atom is -0.452 e. The zero-order valence-electron chi connectivity index (χ0n) is 17.1. The Labute approximate surface area is 171 Å². The standard InChI is InChI=1S/C25H27NO3/c1-17(2)14-19-8-10-20(11-9-19)18(3)26-24(27)16-29-25(28)23-13-12-21-6-4-5-7-22(21)15-23/h4-13,15,17-18H,14,16H2,1-3H3,(H,26,27)/t18-/m1/s1. The van der Waals surface area contributed by atoms with Gasteiger partial charge >= 0.3 is 5.97 Å². The summed E-state index contributed by atoms with van der Waals surface area (Å²) < 4.78 is 5.19. The molecule has 0 spiro atoms. The summed E-state index contributed by atoms with van der Waals surface area (Å²) >= 11 is 0. The lowest BCUT2D eigenvalue weighted by Crippen LogP contribution is -2.31. The molecule has 1 amide bonds. The van der Waals surface area contributed by atoms with Gasteiger partial charge in [0.25, 0.3) is 5.91 Å². The summed E-state index contributed by atoms with van der Waals surface area (Å²) in [7, 11) is 0. The number of rotatable bonds is 7. The minimum absolute atomic E-state index is 0.157. The Balaban J connectivity index is 1.52. The van der Waals surface area contributed by atoms with Gasteiger partial charge in [0.05, 0.1) is 11.6 Å². The van der Waals surface area contributed by atoms with Crippen LogP contribution in [0.25, 0.3) is 10.8 Å². The fourth-order valence-corrected chi connectivity index (χ4v) is 3.31. The van der Waals surface area contributed by atoms with Crippen LogP contribution in [0.5, 0.6) is 0 Å². The second kappa shape index (κ2) is 9.37. The summed E-state index contributed by atoms with van der Waals surface area (Å²) in [5, 5.41) is 4.89. The highest BCUT2D eigenvalue weighted by atomic mass is 16.5. The molecular weight excluding hydrogens is 362 g/mol. The molecule has 3 aromatic carbocycles. The van der Waals surface area contributed by atoms with Crippen molar-refractivity contribution in [3.05, 3.63) is 83.4 Å². The number of nitrogens with one attached hydrogen (secondary N) is 1. The van der Waals surface area contributed by atoms with E-state index in [1.54, 1.807) is 12.1 Å². The normalized spacial score (nSPS) is 12.0. The highest BCUT2D eigenvalue weighted by molar-refractivity contribution is 5.96. The molecule has 0 aliphatic rings. The number of fused-ring (bicyclic) bond motifs is 1. The number of carbonyl (C=O) groups excluding carboxylic acids is 2. The predicted octanol–water partition coefficient (Wildman–Crippen LogP) is 5.07. The number of hydrogen-bond acceptors (Lipinski definition) is 3. The van der Waals surface area contributed by atoms with Gasteiger partial charge in [-0.25, -0.2) is 4.79 Å². The number of carbonyl (C=O) groups is 2. The molecule has 1 N–H and O–H groups in total. The van der Waals surface area contributed by atoms with E-state index in [1.807, 2.05) is 49.4 Å². The molecule has 0 fully saturated rings. The first-order chi connectivity index (χ1) is 13.9. The van der Waals surface area contributed by atoms with Crippen LogP contribution in [-0.4, -0.2) is 18.5 Å². The van der Waals surface area contributed by atoms with Gasteiger partial charge in [0.2, 0.25) is 0 Å². The smallest absolute Gasteiger partial charge is 0.338 e. The van der Waals surface area contributed by atoms with Crippen molar-refractivity contribution in [3.63, 3.8) is 0 Å². The molecule has 3 aromatic rings. The maximum Gasteiger partial charge on any atom is 0.338 e. The van der Waals surface area contributed by atoms with Gasteiger partial charge in [-0.2, -0.15) is 0 Å². The van der Waals surface area contributed by atoms with Crippen LogP contribution in [0.15, 0.2) is 66.7 Å². The number of esters is 1. The molecular formula is C25H27NO3. The van der Waals surface area contributed by atoms with Gasteiger partial charge in [-0.15, -0.1) is 0 Å². The number of amides is 1. The summed E-state index contributed by atoms with van der Waals surface area (Å²) in [4.78, 5) is 24.5. The number of benzene rings is 3. The molecule has 150 valence electrons. The fraction of sp³-hybridized carbons (Fsp3) is 0.280.